The van der Waals surface area contributed by atoms with Crippen LogP contribution < -0.4 is 20.1 Å². The number of carbonyl (C=O) groups is 1. The number of carbonyl (C=O) groups excluding carboxylic acids is 1. The van der Waals surface area contributed by atoms with E-state index in [1.165, 1.54) is 5.56 Å². The molecule has 0 saturated carbocycles. The number of oxazole rings is 1. The Balaban J connectivity index is 1.25. The molecule has 5 rings (SSSR count). The number of aromatic nitrogens is 1. The molecular weight excluding hydrogens is 522 g/mol. The van der Waals surface area contributed by atoms with Crippen molar-refractivity contribution in [2.75, 3.05) is 12.4 Å². The van der Waals surface area contributed by atoms with Gasteiger partial charge in [0.15, 0.2) is 10.7 Å². The Morgan fingerprint density at radius 3 is 2.48 bits per heavy atom. The first-order valence-electron chi connectivity index (χ1n) is 12.9. The van der Waals surface area contributed by atoms with Crippen molar-refractivity contribution < 1.29 is 18.7 Å². The molecule has 7 nitrogen and oxygen atoms in total. The maximum Gasteiger partial charge on any atom is 0.257 e. The van der Waals surface area contributed by atoms with Crippen molar-refractivity contribution in [1.29, 1.82) is 0 Å². The van der Waals surface area contributed by atoms with Crippen LogP contribution in [0.1, 0.15) is 41.3 Å². The number of ether oxygens (including phenoxy) is 2. The highest BCUT2D eigenvalue weighted by molar-refractivity contribution is 7.80. The van der Waals surface area contributed by atoms with Gasteiger partial charge in [-0.15, -0.1) is 0 Å². The molecule has 1 aromatic heterocycles. The molecule has 0 aliphatic heterocycles. The molecule has 4 aromatic carbocycles. The maximum absolute atomic E-state index is 12.8. The van der Waals surface area contributed by atoms with Gasteiger partial charge in [-0.1, -0.05) is 50.2 Å². The molecule has 0 radical (unpaired) electrons. The molecule has 2 N–H and O–H groups in total. The molecule has 5 aromatic rings. The van der Waals surface area contributed by atoms with E-state index >= 15 is 0 Å². The number of hydrogen-bond donors (Lipinski definition) is 2. The van der Waals surface area contributed by atoms with Gasteiger partial charge in [0.2, 0.25) is 5.89 Å². The van der Waals surface area contributed by atoms with Crippen LogP contribution in [0.5, 0.6) is 11.5 Å². The third kappa shape index (κ3) is 6.30. The number of nitrogens with zero attached hydrogens (tertiary/aromatic N) is 1. The first-order valence-corrected chi connectivity index (χ1v) is 13.3. The van der Waals surface area contributed by atoms with E-state index in [4.69, 9.17) is 26.1 Å². The van der Waals surface area contributed by atoms with E-state index in [0.29, 0.717) is 46.7 Å². The smallest absolute Gasteiger partial charge is 0.257 e. The van der Waals surface area contributed by atoms with Gasteiger partial charge in [0, 0.05) is 11.1 Å². The average Bonchev–Trinajstić information content (AvgIpc) is 3.40. The molecule has 1 amide bonds. The first-order chi connectivity index (χ1) is 19.4. The molecule has 202 valence electrons. The van der Waals surface area contributed by atoms with E-state index in [0.717, 1.165) is 16.6 Å². The summed E-state index contributed by atoms with van der Waals surface area (Å²) >= 11 is 5.43. The van der Waals surface area contributed by atoms with Gasteiger partial charge in [0.05, 0.1) is 12.8 Å². The second kappa shape index (κ2) is 12.0. The van der Waals surface area contributed by atoms with Crippen molar-refractivity contribution in [2.24, 2.45) is 0 Å². The fourth-order valence-electron chi connectivity index (χ4n) is 4.14. The predicted octanol–water partition coefficient (Wildman–Crippen LogP) is 7.33. The second-order valence-electron chi connectivity index (χ2n) is 9.52. The highest BCUT2D eigenvalue weighted by Crippen LogP contribution is 2.32. The minimum Gasteiger partial charge on any atom is -0.495 e. The molecule has 8 heteroatoms. The van der Waals surface area contributed by atoms with Crippen molar-refractivity contribution in [1.82, 2.24) is 10.3 Å². The van der Waals surface area contributed by atoms with Gasteiger partial charge in [0.25, 0.3) is 5.91 Å². The molecule has 0 fully saturated rings. The highest BCUT2D eigenvalue weighted by atomic mass is 32.1. The molecule has 0 bridgehead atoms. The van der Waals surface area contributed by atoms with E-state index in [9.17, 15) is 4.79 Å². The number of amides is 1. The number of rotatable bonds is 8. The Kier molecular flexibility index (Phi) is 8.07. The monoisotopic (exact) mass is 551 g/mol. The third-order valence-corrected chi connectivity index (χ3v) is 6.57. The summed E-state index contributed by atoms with van der Waals surface area (Å²) in [6.45, 7) is 4.73. The van der Waals surface area contributed by atoms with Crippen LogP contribution in [0.4, 0.5) is 5.69 Å². The van der Waals surface area contributed by atoms with Crippen molar-refractivity contribution in [3.8, 4) is 23.0 Å². The van der Waals surface area contributed by atoms with E-state index in [-0.39, 0.29) is 11.0 Å². The number of hydrogen-bond acceptors (Lipinski definition) is 6. The third-order valence-electron chi connectivity index (χ3n) is 6.36. The minimum atomic E-state index is -0.345. The molecule has 0 aliphatic rings. The lowest BCUT2D eigenvalue weighted by molar-refractivity contribution is 0.0977. The van der Waals surface area contributed by atoms with Crippen LogP contribution in [0.2, 0.25) is 0 Å². The Bertz CT molecular complexity index is 1650. The zero-order valence-corrected chi connectivity index (χ0v) is 23.2. The Hall–Kier alpha value is -4.69. The second-order valence-corrected chi connectivity index (χ2v) is 9.93. The minimum absolute atomic E-state index is 0.129. The molecule has 0 saturated heterocycles. The van der Waals surface area contributed by atoms with Crippen LogP contribution in [0.3, 0.4) is 0 Å². The first kappa shape index (κ1) is 26.9. The summed E-state index contributed by atoms with van der Waals surface area (Å²) < 4.78 is 17.3. The SMILES string of the molecule is COc1ccc(-c2nc3cc(C(C)C)ccc3o2)cc1NC(=S)NC(=O)c1ccc(OCc2ccccc2)cc1. The topological polar surface area (TPSA) is 85.6 Å². The Labute approximate surface area is 238 Å². The quantitative estimate of drug-likeness (QED) is 0.195. The van der Waals surface area contributed by atoms with E-state index in [1.54, 1.807) is 37.4 Å². The largest absolute Gasteiger partial charge is 0.495 e. The van der Waals surface area contributed by atoms with Crippen LogP contribution in [0.25, 0.3) is 22.6 Å². The Morgan fingerprint density at radius 1 is 0.975 bits per heavy atom. The number of fused-ring (bicyclic) bond motifs is 1. The van der Waals surface area contributed by atoms with Crippen molar-refractivity contribution in [3.63, 3.8) is 0 Å². The fraction of sp³-hybridized carbons (Fsp3) is 0.156. The molecule has 0 spiro atoms. The van der Waals surface area contributed by atoms with Crippen LogP contribution in [-0.4, -0.2) is 23.1 Å². The summed E-state index contributed by atoms with van der Waals surface area (Å²) in [5.41, 5.74) is 5.53. The molecule has 40 heavy (non-hydrogen) atoms. The number of nitrogens with one attached hydrogen (secondary N) is 2. The molecular formula is C32H29N3O4S. The van der Waals surface area contributed by atoms with Crippen LogP contribution in [-0.2, 0) is 6.61 Å². The zero-order chi connectivity index (χ0) is 28.1. The average molecular weight is 552 g/mol. The van der Waals surface area contributed by atoms with Gasteiger partial charge in [-0.3, -0.25) is 10.1 Å². The summed E-state index contributed by atoms with van der Waals surface area (Å²) in [4.78, 5) is 17.5. The van der Waals surface area contributed by atoms with Gasteiger partial charge in [0.1, 0.15) is 23.6 Å². The number of benzene rings is 4. The van der Waals surface area contributed by atoms with E-state index in [2.05, 4.69) is 35.5 Å². The molecule has 0 atom stereocenters. The maximum atomic E-state index is 12.8. The number of methoxy groups -OCH3 is 1. The van der Waals surface area contributed by atoms with Gasteiger partial charge in [-0.05, 0) is 83.9 Å². The summed E-state index contributed by atoms with van der Waals surface area (Å²) in [6, 6.07) is 28.3. The zero-order valence-electron chi connectivity index (χ0n) is 22.4. The normalized spacial score (nSPS) is 10.9. The number of thiocarbonyl (C=S) groups is 1. The van der Waals surface area contributed by atoms with Crippen LogP contribution in [0.15, 0.2) is 95.4 Å². The van der Waals surface area contributed by atoms with Gasteiger partial charge in [-0.25, -0.2) is 4.98 Å². The molecule has 1 heterocycles. The summed E-state index contributed by atoms with van der Waals surface area (Å²) in [5.74, 6) is 1.75. The van der Waals surface area contributed by atoms with Crippen LogP contribution in [0, 0.1) is 0 Å². The van der Waals surface area contributed by atoms with Crippen LogP contribution >= 0.6 is 12.2 Å². The lowest BCUT2D eigenvalue weighted by Crippen LogP contribution is -2.34. The highest BCUT2D eigenvalue weighted by Gasteiger charge is 2.15. The van der Waals surface area contributed by atoms with Gasteiger partial charge < -0.3 is 19.2 Å². The standard InChI is InChI=1S/C32H29N3O4S/c1-20(2)23-11-16-29-27(17-23)33-31(39-29)24-12-15-28(37-3)26(18-24)34-32(40)35-30(36)22-9-13-25(14-10-22)38-19-21-7-5-4-6-8-21/h4-18,20H,19H2,1-3H3,(H2,34,35,36,40). The van der Waals surface area contributed by atoms with Gasteiger partial charge >= 0.3 is 0 Å². The van der Waals surface area contributed by atoms with Crippen molar-refractivity contribution in [3.05, 3.63) is 108 Å². The summed E-state index contributed by atoms with van der Waals surface area (Å²) in [5, 5.41) is 5.91. The predicted molar refractivity (Wildman–Crippen MR) is 161 cm³/mol. The number of anilines is 1. The van der Waals surface area contributed by atoms with Crippen molar-refractivity contribution >= 4 is 40.0 Å². The van der Waals surface area contributed by atoms with Gasteiger partial charge in [-0.2, -0.15) is 0 Å². The summed E-state index contributed by atoms with van der Waals surface area (Å²) in [6.07, 6.45) is 0. The van der Waals surface area contributed by atoms with E-state index in [1.807, 2.05) is 54.6 Å². The fourth-order valence-corrected chi connectivity index (χ4v) is 4.34. The molecule has 0 aliphatic carbocycles. The lowest BCUT2D eigenvalue weighted by Gasteiger charge is -2.14. The molecule has 0 unspecified atom stereocenters. The van der Waals surface area contributed by atoms with E-state index < -0.39 is 0 Å². The summed E-state index contributed by atoms with van der Waals surface area (Å²) in [7, 11) is 1.57. The Morgan fingerprint density at radius 2 is 1.75 bits per heavy atom. The lowest BCUT2D eigenvalue weighted by atomic mass is 10.0. The van der Waals surface area contributed by atoms with Crippen molar-refractivity contribution in [2.45, 2.75) is 26.4 Å².